The van der Waals surface area contributed by atoms with Crippen LogP contribution in [0, 0.1) is 6.92 Å². The van der Waals surface area contributed by atoms with Gasteiger partial charge >= 0.3 is 0 Å². The van der Waals surface area contributed by atoms with Gasteiger partial charge in [0.25, 0.3) is 5.91 Å². The van der Waals surface area contributed by atoms with Gasteiger partial charge in [0, 0.05) is 12.1 Å². The van der Waals surface area contributed by atoms with Gasteiger partial charge in [-0.25, -0.2) is 4.98 Å². The van der Waals surface area contributed by atoms with Crippen LogP contribution in [0.25, 0.3) is 11.3 Å². The second-order valence-corrected chi connectivity index (χ2v) is 6.55. The van der Waals surface area contributed by atoms with Gasteiger partial charge in [0.05, 0.1) is 31.8 Å². The molecule has 3 rings (SSSR count). The van der Waals surface area contributed by atoms with E-state index in [1.54, 1.807) is 13.3 Å². The Balaban J connectivity index is 1.63. The van der Waals surface area contributed by atoms with Gasteiger partial charge in [-0.2, -0.15) is 0 Å². The standard InChI is InChI=1S/C23H25N3O3/c1-4-29-19-9-6-17(7-10-19)21-14-24-15-22(26-21)23(27)25-12-11-18-13-20(28-3)8-5-16(18)2/h5-10,13-15H,4,11-12H2,1-3H3,(H,25,27). The van der Waals surface area contributed by atoms with E-state index in [-0.39, 0.29) is 5.91 Å². The Labute approximate surface area is 170 Å². The fourth-order valence-electron chi connectivity index (χ4n) is 2.95. The van der Waals surface area contributed by atoms with Crippen molar-refractivity contribution in [3.8, 4) is 22.8 Å². The van der Waals surface area contributed by atoms with Crippen LogP contribution < -0.4 is 14.8 Å². The smallest absolute Gasteiger partial charge is 0.271 e. The SMILES string of the molecule is CCOc1ccc(-c2cncc(C(=O)NCCc3cc(OC)ccc3C)n2)cc1. The van der Waals surface area contributed by atoms with Crippen LogP contribution in [0.5, 0.6) is 11.5 Å². The number of benzene rings is 2. The van der Waals surface area contributed by atoms with Crippen LogP contribution in [0.4, 0.5) is 0 Å². The third-order valence-corrected chi connectivity index (χ3v) is 4.56. The number of carbonyl (C=O) groups is 1. The molecule has 0 saturated heterocycles. The van der Waals surface area contributed by atoms with E-state index in [4.69, 9.17) is 9.47 Å². The molecule has 3 aromatic rings. The normalized spacial score (nSPS) is 10.4. The number of methoxy groups -OCH3 is 1. The average molecular weight is 391 g/mol. The van der Waals surface area contributed by atoms with Crippen LogP contribution in [0.15, 0.2) is 54.9 Å². The Kier molecular flexibility index (Phi) is 6.79. The summed E-state index contributed by atoms with van der Waals surface area (Å²) in [6, 6.07) is 13.5. The zero-order valence-electron chi connectivity index (χ0n) is 16.9. The first-order chi connectivity index (χ1) is 14.1. The molecular formula is C23H25N3O3. The van der Waals surface area contributed by atoms with E-state index < -0.39 is 0 Å². The molecule has 0 aliphatic heterocycles. The van der Waals surface area contributed by atoms with Crippen molar-refractivity contribution in [3.63, 3.8) is 0 Å². The minimum atomic E-state index is -0.245. The minimum Gasteiger partial charge on any atom is -0.497 e. The van der Waals surface area contributed by atoms with Crippen molar-refractivity contribution in [2.45, 2.75) is 20.3 Å². The zero-order chi connectivity index (χ0) is 20.6. The van der Waals surface area contributed by atoms with Crippen LogP contribution in [-0.2, 0) is 6.42 Å². The summed E-state index contributed by atoms with van der Waals surface area (Å²) in [6.45, 7) is 5.10. The van der Waals surface area contributed by atoms with Gasteiger partial charge < -0.3 is 14.8 Å². The molecule has 150 valence electrons. The van der Waals surface area contributed by atoms with E-state index in [0.29, 0.717) is 31.0 Å². The predicted octanol–water partition coefficient (Wildman–Crippen LogP) is 3.83. The highest BCUT2D eigenvalue weighted by Gasteiger charge is 2.10. The van der Waals surface area contributed by atoms with Crippen molar-refractivity contribution in [1.82, 2.24) is 15.3 Å². The molecule has 0 unspecified atom stereocenters. The molecule has 1 heterocycles. The van der Waals surface area contributed by atoms with Crippen molar-refractivity contribution >= 4 is 5.91 Å². The summed E-state index contributed by atoms with van der Waals surface area (Å²) in [7, 11) is 1.65. The molecule has 0 aliphatic carbocycles. The average Bonchev–Trinajstić information content (AvgIpc) is 2.76. The number of aryl methyl sites for hydroxylation is 1. The molecule has 0 atom stereocenters. The van der Waals surface area contributed by atoms with Crippen LogP contribution in [-0.4, -0.2) is 36.1 Å². The largest absolute Gasteiger partial charge is 0.497 e. The first kappa shape index (κ1) is 20.3. The lowest BCUT2D eigenvalue weighted by Crippen LogP contribution is -2.27. The van der Waals surface area contributed by atoms with Crippen molar-refractivity contribution in [2.75, 3.05) is 20.3 Å². The summed E-state index contributed by atoms with van der Waals surface area (Å²) in [5.74, 6) is 1.36. The molecule has 0 bridgehead atoms. The van der Waals surface area contributed by atoms with Gasteiger partial charge in [-0.1, -0.05) is 6.07 Å². The zero-order valence-corrected chi connectivity index (χ0v) is 16.9. The molecule has 1 amide bonds. The number of aromatic nitrogens is 2. The molecule has 0 radical (unpaired) electrons. The molecule has 1 aromatic heterocycles. The maximum absolute atomic E-state index is 12.5. The van der Waals surface area contributed by atoms with E-state index in [1.807, 2.05) is 56.3 Å². The van der Waals surface area contributed by atoms with Crippen LogP contribution >= 0.6 is 0 Å². The molecule has 1 N–H and O–H groups in total. The summed E-state index contributed by atoms with van der Waals surface area (Å²) in [4.78, 5) is 21.1. The number of nitrogens with one attached hydrogen (secondary N) is 1. The molecule has 0 aliphatic rings. The summed E-state index contributed by atoms with van der Waals surface area (Å²) in [6.07, 6.45) is 3.83. The topological polar surface area (TPSA) is 73.3 Å². The lowest BCUT2D eigenvalue weighted by molar-refractivity contribution is 0.0949. The summed E-state index contributed by atoms with van der Waals surface area (Å²) >= 11 is 0. The van der Waals surface area contributed by atoms with Gasteiger partial charge in [0.1, 0.15) is 17.2 Å². The quantitative estimate of drug-likeness (QED) is 0.632. The molecule has 0 spiro atoms. The summed E-state index contributed by atoms with van der Waals surface area (Å²) in [5.41, 5.74) is 4.11. The highest BCUT2D eigenvalue weighted by Crippen LogP contribution is 2.20. The molecular weight excluding hydrogens is 366 g/mol. The molecule has 2 aromatic carbocycles. The Morgan fingerprint density at radius 1 is 1.07 bits per heavy atom. The van der Waals surface area contributed by atoms with Gasteiger partial charge in [-0.3, -0.25) is 9.78 Å². The summed E-state index contributed by atoms with van der Waals surface area (Å²) in [5, 5.41) is 2.91. The highest BCUT2D eigenvalue weighted by molar-refractivity contribution is 5.92. The van der Waals surface area contributed by atoms with E-state index in [1.165, 1.54) is 6.20 Å². The number of hydrogen-bond donors (Lipinski definition) is 1. The van der Waals surface area contributed by atoms with E-state index >= 15 is 0 Å². The first-order valence-corrected chi connectivity index (χ1v) is 9.57. The number of nitrogens with zero attached hydrogens (tertiary/aromatic N) is 2. The van der Waals surface area contributed by atoms with Crippen LogP contribution in [0.3, 0.4) is 0 Å². The molecule has 6 nitrogen and oxygen atoms in total. The lowest BCUT2D eigenvalue weighted by Gasteiger charge is -2.10. The fourth-order valence-corrected chi connectivity index (χ4v) is 2.95. The van der Waals surface area contributed by atoms with Crippen molar-refractivity contribution < 1.29 is 14.3 Å². The second-order valence-electron chi connectivity index (χ2n) is 6.55. The lowest BCUT2D eigenvalue weighted by atomic mass is 10.1. The van der Waals surface area contributed by atoms with Crippen LogP contribution in [0.2, 0.25) is 0 Å². The third kappa shape index (κ3) is 5.31. The molecule has 0 fully saturated rings. The Morgan fingerprint density at radius 3 is 2.55 bits per heavy atom. The number of ether oxygens (including phenoxy) is 2. The Morgan fingerprint density at radius 2 is 1.83 bits per heavy atom. The number of rotatable bonds is 8. The maximum atomic E-state index is 12.5. The van der Waals surface area contributed by atoms with Gasteiger partial charge in [0.2, 0.25) is 0 Å². The molecule has 0 saturated carbocycles. The minimum absolute atomic E-state index is 0.245. The number of amides is 1. The predicted molar refractivity (Wildman–Crippen MR) is 112 cm³/mol. The van der Waals surface area contributed by atoms with Crippen molar-refractivity contribution in [1.29, 1.82) is 0 Å². The Hall–Kier alpha value is -3.41. The number of hydrogen-bond acceptors (Lipinski definition) is 5. The van der Waals surface area contributed by atoms with Crippen molar-refractivity contribution in [3.05, 3.63) is 71.7 Å². The summed E-state index contributed by atoms with van der Waals surface area (Å²) < 4.78 is 10.7. The third-order valence-electron chi connectivity index (χ3n) is 4.56. The monoisotopic (exact) mass is 391 g/mol. The van der Waals surface area contributed by atoms with Crippen molar-refractivity contribution in [2.24, 2.45) is 0 Å². The van der Waals surface area contributed by atoms with E-state index in [2.05, 4.69) is 15.3 Å². The second kappa shape index (κ2) is 9.68. The molecule has 29 heavy (non-hydrogen) atoms. The van der Waals surface area contributed by atoms with Gasteiger partial charge in [-0.05, 0) is 67.8 Å². The number of carbonyl (C=O) groups excluding carboxylic acids is 1. The first-order valence-electron chi connectivity index (χ1n) is 9.57. The van der Waals surface area contributed by atoms with E-state index in [9.17, 15) is 4.79 Å². The maximum Gasteiger partial charge on any atom is 0.271 e. The fraction of sp³-hybridized carbons (Fsp3) is 0.261. The van der Waals surface area contributed by atoms with Gasteiger partial charge in [-0.15, -0.1) is 0 Å². The molecule has 6 heteroatoms. The highest BCUT2D eigenvalue weighted by atomic mass is 16.5. The van der Waals surface area contributed by atoms with Crippen LogP contribution in [0.1, 0.15) is 28.5 Å². The Bertz CT molecular complexity index is 971. The van der Waals surface area contributed by atoms with E-state index in [0.717, 1.165) is 28.2 Å². The van der Waals surface area contributed by atoms with Gasteiger partial charge in [0.15, 0.2) is 0 Å².